The number of benzene rings is 2. The molecule has 0 bridgehead atoms. The number of methoxy groups -OCH3 is 1. The van der Waals surface area contributed by atoms with Gasteiger partial charge >= 0.3 is 0 Å². The van der Waals surface area contributed by atoms with Gasteiger partial charge in [0, 0.05) is 29.2 Å². The lowest BCUT2D eigenvalue weighted by Crippen LogP contribution is -2.15. The molecule has 2 aromatic carbocycles. The summed E-state index contributed by atoms with van der Waals surface area (Å²) in [5.74, 6) is 1.17. The van der Waals surface area contributed by atoms with Gasteiger partial charge in [-0.2, -0.15) is 5.26 Å². The topological polar surface area (TPSA) is 70.4 Å². The van der Waals surface area contributed by atoms with Crippen LogP contribution in [0.5, 0.6) is 11.5 Å². The van der Waals surface area contributed by atoms with E-state index >= 15 is 0 Å². The van der Waals surface area contributed by atoms with Gasteiger partial charge in [-0.3, -0.25) is 4.98 Å². The van der Waals surface area contributed by atoms with Crippen LogP contribution in [0.4, 0.5) is 11.4 Å². The second kappa shape index (κ2) is 9.86. The highest BCUT2D eigenvalue weighted by Crippen LogP contribution is 2.38. The Bertz CT molecular complexity index is 1100. The van der Waals surface area contributed by atoms with Crippen LogP contribution < -0.4 is 14.8 Å². The number of nitriles is 1. The highest BCUT2D eigenvalue weighted by molar-refractivity contribution is 6.36. The lowest BCUT2D eigenvalue weighted by Gasteiger charge is -2.16. The quantitative estimate of drug-likeness (QED) is 0.462. The van der Waals surface area contributed by atoms with E-state index in [0.717, 1.165) is 18.4 Å². The van der Waals surface area contributed by atoms with Crippen molar-refractivity contribution in [1.82, 2.24) is 9.88 Å². The molecule has 0 atom stereocenters. The van der Waals surface area contributed by atoms with E-state index in [1.165, 1.54) is 6.20 Å². The maximum absolute atomic E-state index is 9.59. The number of anilines is 2. The van der Waals surface area contributed by atoms with E-state index in [1.54, 1.807) is 25.3 Å². The fourth-order valence-electron chi connectivity index (χ4n) is 2.98. The molecule has 0 spiro atoms. The number of aromatic nitrogens is 1. The number of nitrogens with one attached hydrogen (secondary N) is 1. The number of fused-ring (bicyclic) bond motifs is 1. The highest BCUT2D eigenvalue weighted by Gasteiger charge is 2.15. The van der Waals surface area contributed by atoms with Crippen molar-refractivity contribution in [2.24, 2.45) is 0 Å². The summed E-state index contributed by atoms with van der Waals surface area (Å²) in [5.41, 5.74) is 2.28. The molecule has 0 unspecified atom stereocenters. The lowest BCUT2D eigenvalue weighted by atomic mass is 10.1. The number of rotatable bonds is 8. The molecule has 0 saturated carbocycles. The van der Waals surface area contributed by atoms with E-state index in [2.05, 4.69) is 21.3 Å². The molecule has 0 fully saturated rings. The van der Waals surface area contributed by atoms with Crippen LogP contribution in [-0.2, 0) is 0 Å². The van der Waals surface area contributed by atoms with Gasteiger partial charge < -0.3 is 19.7 Å². The zero-order chi connectivity index (χ0) is 21.7. The van der Waals surface area contributed by atoms with Crippen molar-refractivity contribution in [2.45, 2.75) is 6.42 Å². The molecule has 0 saturated heterocycles. The van der Waals surface area contributed by atoms with Crippen LogP contribution in [0, 0.1) is 11.3 Å². The summed E-state index contributed by atoms with van der Waals surface area (Å²) in [7, 11) is 5.63. The normalized spacial score (nSPS) is 10.8. The Morgan fingerprint density at radius 1 is 1.17 bits per heavy atom. The van der Waals surface area contributed by atoms with Crippen LogP contribution in [0.25, 0.3) is 10.9 Å². The Morgan fingerprint density at radius 3 is 2.63 bits per heavy atom. The Labute approximate surface area is 185 Å². The minimum Gasteiger partial charge on any atom is -0.493 e. The molecule has 0 aliphatic rings. The van der Waals surface area contributed by atoms with Gasteiger partial charge in [0.2, 0.25) is 0 Å². The number of pyridine rings is 1. The lowest BCUT2D eigenvalue weighted by molar-refractivity contribution is 0.268. The molecule has 0 aliphatic heterocycles. The van der Waals surface area contributed by atoms with Gasteiger partial charge in [-0.15, -0.1) is 0 Å². The van der Waals surface area contributed by atoms with Crippen molar-refractivity contribution < 1.29 is 9.47 Å². The number of nitrogens with zero attached hydrogens (tertiary/aromatic N) is 3. The number of hydrogen-bond donors (Lipinski definition) is 1. The first-order chi connectivity index (χ1) is 14.4. The minimum atomic E-state index is 0.384. The number of ether oxygens (including phenoxy) is 2. The molecule has 1 aromatic heterocycles. The predicted octanol–water partition coefficient (Wildman–Crippen LogP) is 5.50. The molecule has 1 heterocycles. The van der Waals surface area contributed by atoms with Crippen LogP contribution in [0.1, 0.15) is 12.0 Å². The minimum absolute atomic E-state index is 0.384. The summed E-state index contributed by atoms with van der Waals surface area (Å²) in [4.78, 5) is 6.53. The Balaban J connectivity index is 2.00. The van der Waals surface area contributed by atoms with Crippen LogP contribution in [-0.4, -0.2) is 44.2 Å². The molecule has 156 valence electrons. The van der Waals surface area contributed by atoms with Crippen molar-refractivity contribution >= 4 is 45.5 Å². The molecule has 3 rings (SSSR count). The Morgan fingerprint density at radius 2 is 1.97 bits per heavy atom. The molecule has 3 aromatic rings. The second-order valence-corrected chi connectivity index (χ2v) is 7.78. The monoisotopic (exact) mass is 444 g/mol. The maximum atomic E-state index is 9.59. The van der Waals surface area contributed by atoms with Crippen LogP contribution in [0.2, 0.25) is 10.0 Å². The van der Waals surface area contributed by atoms with Crippen molar-refractivity contribution in [1.29, 1.82) is 5.26 Å². The van der Waals surface area contributed by atoms with Crippen LogP contribution >= 0.6 is 23.2 Å². The molecule has 0 radical (unpaired) electrons. The molecule has 0 amide bonds. The Hall–Kier alpha value is -2.72. The molecule has 1 N–H and O–H groups in total. The fraction of sp³-hybridized carbons (Fsp3) is 0.273. The first kappa shape index (κ1) is 22.0. The molecular formula is C22H22Cl2N4O2. The van der Waals surface area contributed by atoms with Gasteiger partial charge in [0.05, 0.1) is 41.2 Å². The molecule has 6 nitrogen and oxygen atoms in total. The van der Waals surface area contributed by atoms with E-state index in [-0.39, 0.29) is 0 Å². The maximum Gasteiger partial charge on any atom is 0.163 e. The Kier molecular flexibility index (Phi) is 7.22. The van der Waals surface area contributed by atoms with E-state index in [4.69, 9.17) is 32.7 Å². The molecule has 30 heavy (non-hydrogen) atoms. The van der Waals surface area contributed by atoms with Gasteiger partial charge in [0.15, 0.2) is 11.5 Å². The van der Waals surface area contributed by atoms with Gasteiger partial charge in [-0.1, -0.05) is 23.2 Å². The molecule has 8 heteroatoms. The third-order valence-electron chi connectivity index (χ3n) is 4.47. The van der Waals surface area contributed by atoms with Crippen molar-refractivity contribution in [3.8, 4) is 17.6 Å². The van der Waals surface area contributed by atoms with E-state index < -0.39 is 0 Å². The first-order valence-electron chi connectivity index (χ1n) is 9.33. The largest absolute Gasteiger partial charge is 0.493 e. The summed E-state index contributed by atoms with van der Waals surface area (Å²) in [5, 5.41) is 14.5. The van der Waals surface area contributed by atoms with Crippen molar-refractivity contribution in [3.63, 3.8) is 0 Å². The third kappa shape index (κ3) is 5.06. The number of hydrogen-bond acceptors (Lipinski definition) is 6. The summed E-state index contributed by atoms with van der Waals surface area (Å²) in [6.07, 6.45) is 2.41. The second-order valence-electron chi connectivity index (χ2n) is 6.93. The van der Waals surface area contributed by atoms with Gasteiger partial charge in [0.25, 0.3) is 0 Å². The molecule has 0 aliphatic carbocycles. The smallest absolute Gasteiger partial charge is 0.163 e. The SMILES string of the molecule is COc1cc2c(Nc3ccc(Cl)cc3Cl)c(C#N)cnc2cc1OCCCN(C)C. The van der Waals surface area contributed by atoms with Crippen LogP contribution in [0.3, 0.4) is 0 Å². The van der Waals surface area contributed by atoms with E-state index in [9.17, 15) is 5.26 Å². The fourth-order valence-corrected chi connectivity index (χ4v) is 3.44. The zero-order valence-electron chi connectivity index (χ0n) is 17.0. The standard InChI is InChI=1S/C22H22Cl2N4O2/c1-28(2)7-4-8-30-21-11-19-16(10-20(21)29-3)22(14(12-25)13-26-19)27-18-6-5-15(23)9-17(18)24/h5-6,9-11,13H,4,7-8H2,1-3H3,(H,26,27). The summed E-state index contributed by atoms with van der Waals surface area (Å²) < 4.78 is 11.5. The van der Waals surface area contributed by atoms with Crippen molar-refractivity contribution in [3.05, 3.63) is 52.1 Å². The summed E-state index contributed by atoms with van der Waals surface area (Å²) >= 11 is 12.3. The van der Waals surface area contributed by atoms with Crippen LogP contribution in [0.15, 0.2) is 36.5 Å². The third-order valence-corrected chi connectivity index (χ3v) is 5.02. The average Bonchev–Trinajstić information content (AvgIpc) is 2.72. The van der Waals surface area contributed by atoms with Gasteiger partial charge in [0.1, 0.15) is 6.07 Å². The summed E-state index contributed by atoms with van der Waals surface area (Å²) in [6, 6.07) is 10.9. The zero-order valence-corrected chi connectivity index (χ0v) is 18.5. The first-order valence-corrected chi connectivity index (χ1v) is 10.1. The number of halogens is 2. The van der Waals surface area contributed by atoms with Gasteiger partial charge in [-0.05, 0) is 44.8 Å². The van der Waals surface area contributed by atoms with E-state index in [1.807, 2.05) is 26.2 Å². The average molecular weight is 445 g/mol. The highest BCUT2D eigenvalue weighted by atomic mass is 35.5. The predicted molar refractivity (Wildman–Crippen MR) is 121 cm³/mol. The van der Waals surface area contributed by atoms with Crippen molar-refractivity contribution in [2.75, 3.05) is 39.7 Å². The summed E-state index contributed by atoms with van der Waals surface area (Å²) in [6.45, 7) is 1.48. The van der Waals surface area contributed by atoms with Gasteiger partial charge in [-0.25, -0.2) is 0 Å². The van der Waals surface area contributed by atoms with E-state index in [0.29, 0.717) is 50.6 Å². The molecular weight excluding hydrogens is 423 g/mol.